The van der Waals surface area contributed by atoms with Gasteiger partial charge in [0.05, 0.1) is 12.3 Å². The van der Waals surface area contributed by atoms with Crippen molar-refractivity contribution in [3.8, 4) is 0 Å². The summed E-state index contributed by atoms with van der Waals surface area (Å²) in [7, 11) is 0. The smallest absolute Gasteiger partial charge is 0.307 e. The van der Waals surface area contributed by atoms with Crippen LogP contribution < -0.4 is 0 Å². The third kappa shape index (κ3) is 4.50. The van der Waals surface area contributed by atoms with Crippen LogP contribution in [0.1, 0.15) is 55.0 Å². The van der Waals surface area contributed by atoms with Gasteiger partial charge in [-0.15, -0.1) is 10.2 Å². The van der Waals surface area contributed by atoms with Gasteiger partial charge >= 0.3 is 5.97 Å². The van der Waals surface area contributed by atoms with Crippen molar-refractivity contribution in [2.45, 2.75) is 44.4 Å². The molecule has 1 aromatic heterocycles. The Labute approximate surface area is 158 Å². The molecule has 1 aliphatic rings. The van der Waals surface area contributed by atoms with Gasteiger partial charge in [0.2, 0.25) is 0 Å². The van der Waals surface area contributed by atoms with Crippen molar-refractivity contribution in [2.24, 2.45) is 5.92 Å². The zero-order valence-corrected chi connectivity index (χ0v) is 15.5. The molecule has 1 saturated heterocycles. The van der Waals surface area contributed by atoms with Crippen LogP contribution in [0, 0.1) is 11.3 Å². The van der Waals surface area contributed by atoms with E-state index in [-0.39, 0.29) is 5.92 Å². The second-order valence-electron chi connectivity index (χ2n) is 7.17. The number of carboxylic acid groups (broad SMARTS) is 1. The minimum atomic E-state index is -0.819. The summed E-state index contributed by atoms with van der Waals surface area (Å²) in [6.45, 7) is 3.79. The summed E-state index contributed by atoms with van der Waals surface area (Å²) in [5.74, 6) is -0.769. The van der Waals surface area contributed by atoms with E-state index < -0.39 is 11.9 Å². The van der Waals surface area contributed by atoms with Crippen molar-refractivity contribution < 1.29 is 9.90 Å². The van der Waals surface area contributed by atoms with Crippen LogP contribution in [0.15, 0.2) is 24.3 Å². The summed E-state index contributed by atoms with van der Waals surface area (Å²) in [6, 6.07) is 8.38. The number of carboxylic acids is 1. The molecule has 8 heteroatoms. The van der Waals surface area contributed by atoms with E-state index in [0.717, 1.165) is 31.5 Å². The first-order chi connectivity index (χ1) is 13.1. The van der Waals surface area contributed by atoms with E-state index in [4.69, 9.17) is 5.41 Å². The van der Waals surface area contributed by atoms with Crippen molar-refractivity contribution in [3.63, 3.8) is 0 Å². The Morgan fingerprint density at radius 3 is 2.78 bits per heavy atom. The Hall–Kier alpha value is -2.77. The van der Waals surface area contributed by atoms with Gasteiger partial charge in [-0.05, 0) is 30.4 Å². The van der Waals surface area contributed by atoms with E-state index in [0.29, 0.717) is 24.6 Å². The van der Waals surface area contributed by atoms with Gasteiger partial charge in [0.25, 0.3) is 0 Å². The second kappa shape index (κ2) is 8.75. The lowest BCUT2D eigenvalue weighted by molar-refractivity contribution is -0.142. The first kappa shape index (κ1) is 19.0. The van der Waals surface area contributed by atoms with Gasteiger partial charge in [0, 0.05) is 24.9 Å². The summed E-state index contributed by atoms with van der Waals surface area (Å²) >= 11 is 0. The maximum absolute atomic E-state index is 11.8. The van der Waals surface area contributed by atoms with Gasteiger partial charge < -0.3 is 10.0 Å². The molecule has 1 aromatic carbocycles. The number of carbonyl (C=O) groups is 1. The van der Waals surface area contributed by atoms with Crippen LogP contribution in [-0.4, -0.2) is 56.0 Å². The zero-order valence-electron chi connectivity index (χ0n) is 15.5. The fourth-order valence-corrected chi connectivity index (χ4v) is 3.90. The first-order valence-corrected chi connectivity index (χ1v) is 9.42. The number of hydrogen-bond donors (Lipinski definition) is 3. The Bertz CT molecular complexity index is 746. The van der Waals surface area contributed by atoms with Crippen molar-refractivity contribution in [2.75, 3.05) is 13.1 Å². The van der Waals surface area contributed by atoms with Gasteiger partial charge in [0.15, 0.2) is 5.82 Å². The van der Waals surface area contributed by atoms with Crippen molar-refractivity contribution in [1.82, 2.24) is 25.5 Å². The maximum atomic E-state index is 11.8. The molecule has 0 saturated carbocycles. The minimum Gasteiger partial charge on any atom is -0.481 e. The lowest BCUT2D eigenvalue weighted by Gasteiger charge is -2.21. The molecule has 8 nitrogen and oxygen atoms in total. The molecule has 1 aliphatic heterocycles. The molecule has 2 heterocycles. The van der Waals surface area contributed by atoms with Gasteiger partial charge in [0.1, 0.15) is 0 Å². The molecule has 2 aromatic rings. The van der Waals surface area contributed by atoms with Crippen LogP contribution in [0.5, 0.6) is 0 Å². The number of aliphatic carboxylic acids is 1. The number of tetrazole rings is 1. The number of rotatable bonds is 9. The molecule has 3 rings (SSSR count). The molecule has 3 atom stereocenters. The highest BCUT2D eigenvalue weighted by atomic mass is 16.4. The number of aromatic nitrogens is 4. The van der Waals surface area contributed by atoms with Crippen LogP contribution in [0.2, 0.25) is 0 Å². The third-order valence-corrected chi connectivity index (χ3v) is 5.40. The van der Waals surface area contributed by atoms with Crippen molar-refractivity contribution >= 4 is 12.3 Å². The highest BCUT2D eigenvalue weighted by Gasteiger charge is 2.32. The normalized spacial score (nSPS) is 19.0. The molecule has 0 radical (unpaired) electrons. The molecule has 144 valence electrons. The number of aromatic amines is 1. The second-order valence-corrected chi connectivity index (χ2v) is 7.17. The largest absolute Gasteiger partial charge is 0.481 e. The van der Waals surface area contributed by atoms with Gasteiger partial charge in [-0.3, -0.25) is 10.2 Å². The molecule has 0 spiro atoms. The Morgan fingerprint density at radius 2 is 2.22 bits per heavy atom. The van der Waals surface area contributed by atoms with Crippen LogP contribution in [0.25, 0.3) is 0 Å². The average molecular weight is 370 g/mol. The fraction of sp³-hybridized carbons (Fsp3) is 0.526. The monoisotopic (exact) mass is 370 g/mol. The summed E-state index contributed by atoms with van der Waals surface area (Å²) in [6.07, 6.45) is 4.39. The number of H-pyrrole nitrogens is 1. The van der Waals surface area contributed by atoms with E-state index in [1.54, 1.807) is 0 Å². The Morgan fingerprint density at radius 1 is 1.44 bits per heavy atom. The van der Waals surface area contributed by atoms with Gasteiger partial charge in [-0.2, -0.15) is 5.21 Å². The lowest BCUT2D eigenvalue weighted by atomic mass is 9.83. The van der Waals surface area contributed by atoms with Crippen LogP contribution in [-0.2, 0) is 11.2 Å². The molecule has 0 amide bonds. The summed E-state index contributed by atoms with van der Waals surface area (Å²) < 4.78 is 0. The predicted molar refractivity (Wildman–Crippen MR) is 101 cm³/mol. The molecule has 27 heavy (non-hydrogen) atoms. The highest BCUT2D eigenvalue weighted by molar-refractivity contribution is 5.71. The quantitative estimate of drug-likeness (QED) is 0.461. The van der Waals surface area contributed by atoms with E-state index in [1.807, 2.05) is 11.8 Å². The standard InChI is InChI=1S/C19H26N6O2/c1-2-3-16(19(26)27)17(18-21-23-24-22-18)10-13-4-6-14(7-5-13)15-8-9-25(11-15)12-20/h4-7,12,15-17,20H,2-3,8-11H2,1H3,(H,26,27)(H,21,22,23,24). The third-order valence-electron chi connectivity index (χ3n) is 5.40. The first-order valence-electron chi connectivity index (χ1n) is 9.42. The minimum absolute atomic E-state index is 0.313. The lowest BCUT2D eigenvalue weighted by Crippen LogP contribution is -2.25. The topological polar surface area (TPSA) is 119 Å². The highest BCUT2D eigenvalue weighted by Crippen LogP contribution is 2.31. The van der Waals surface area contributed by atoms with E-state index in [9.17, 15) is 9.90 Å². The summed E-state index contributed by atoms with van der Waals surface area (Å²) in [5, 5.41) is 31.2. The van der Waals surface area contributed by atoms with Gasteiger partial charge in [-0.25, -0.2) is 0 Å². The summed E-state index contributed by atoms with van der Waals surface area (Å²) in [4.78, 5) is 13.8. The maximum Gasteiger partial charge on any atom is 0.307 e. The molecule has 0 aliphatic carbocycles. The Balaban J connectivity index is 1.76. The number of likely N-dealkylation sites (tertiary alicyclic amines) is 1. The van der Waals surface area contributed by atoms with E-state index in [2.05, 4.69) is 44.9 Å². The fourth-order valence-electron chi connectivity index (χ4n) is 3.90. The molecular weight excluding hydrogens is 344 g/mol. The van der Waals surface area contributed by atoms with Crippen LogP contribution >= 0.6 is 0 Å². The zero-order chi connectivity index (χ0) is 19.2. The Kier molecular flexibility index (Phi) is 6.16. The number of nitrogens with one attached hydrogen (secondary N) is 2. The SMILES string of the molecule is CCCC(C(=O)O)C(Cc1ccc(C2CCN(C=N)C2)cc1)c1nn[nH]n1. The average Bonchev–Trinajstić information content (AvgIpc) is 3.36. The molecule has 0 bridgehead atoms. The van der Waals surface area contributed by atoms with Crippen LogP contribution in [0.3, 0.4) is 0 Å². The van der Waals surface area contributed by atoms with Crippen LogP contribution in [0.4, 0.5) is 0 Å². The number of benzene rings is 1. The predicted octanol–water partition coefficient (Wildman–Crippen LogP) is 2.42. The molecule has 3 unspecified atom stereocenters. The van der Waals surface area contributed by atoms with Crippen molar-refractivity contribution in [1.29, 1.82) is 5.41 Å². The number of nitrogens with zero attached hydrogens (tertiary/aromatic N) is 4. The molecular formula is C19H26N6O2. The number of hydrogen-bond acceptors (Lipinski definition) is 5. The van der Waals surface area contributed by atoms with E-state index >= 15 is 0 Å². The molecule has 1 fully saturated rings. The van der Waals surface area contributed by atoms with Gasteiger partial charge in [-0.1, -0.05) is 42.8 Å². The summed E-state index contributed by atoms with van der Waals surface area (Å²) in [5.41, 5.74) is 2.33. The molecule has 3 N–H and O–H groups in total. The van der Waals surface area contributed by atoms with E-state index in [1.165, 1.54) is 11.9 Å². The van der Waals surface area contributed by atoms with Crippen molar-refractivity contribution in [3.05, 3.63) is 41.2 Å².